The van der Waals surface area contributed by atoms with Crippen molar-refractivity contribution in [2.45, 2.75) is 6.92 Å². The second-order valence-electron chi connectivity index (χ2n) is 5.90. The number of para-hydroxylation sites is 1. The predicted octanol–water partition coefficient (Wildman–Crippen LogP) is 5.17. The molecule has 0 fully saturated rings. The Morgan fingerprint density at radius 2 is 1.74 bits per heavy atom. The van der Waals surface area contributed by atoms with E-state index >= 15 is 0 Å². The minimum atomic E-state index is -0.233. The number of thiazole rings is 1. The molecule has 7 heteroatoms. The van der Waals surface area contributed by atoms with Crippen LogP contribution in [0.25, 0.3) is 10.2 Å². The van der Waals surface area contributed by atoms with Gasteiger partial charge in [0.1, 0.15) is 0 Å². The van der Waals surface area contributed by atoms with E-state index < -0.39 is 0 Å². The van der Waals surface area contributed by atoms with Crippen molar-refractivity contribution in [2.75, 3.05) is 10.6 Å². The monoisotopic (exact) mass is 393 g/mol. The largest absolute Gasteiger partial charge is 0.321 e. The molecule has 0 aliphatic heterocycles. The molecule has 0 bridgehead atoms. The molecule has 0 saturated heterocycles. The highest BCUT2D eigenvalue weighted by atomic mass is 32.1. The van der Waals surface area contributed by atoms with E-state index in [9.17, 15) is 9.59 Å². The number of nitrogens with zero attached hydrogens (tertiary/aromatic N) is 1. The van der Waals surface area contributed by atoms with E-state index in [-0.39, 0.29) is 11.8 Å². The van der Waals surface area contributed by atoms with Crippen molar-refractivity contribution in [3.05, 3.63) is 76.0 Å². The van der Waals surface area contributed by atoms with E-state index in [1.807, 2.05) is 36.6 Å². The van der Waals surface area contributed by atoms with Gasteiger partial charge in [-0.15, -0.1) is 11.3 Å². The maximum Gasteiger partial charge on any atom is 0.265 e. The Morgan fingerprint density at radius 1 is 0.926 bits per heavy atom. The first-order valence-corrected chi connectivity index (χ1v) is 9.92. The fourth-order valence-corrected chi connectivity index (χ4v) is 4.17. The van der Waals surface area contributed by atoms with Crippen LogP contribution < -0.4 is 10.6 Å². The molecule has 0 aliphatic rings. The van der Waals surface area contributed by atoms with Crippen molar-refractivity contribution in [3.63, 3.8) is 0 Å². The van der Waals surface area contributed by atoms with Crippen LogP contribution in [0.5, 0.6) is 0 Å². The molecule has 0 unspecified atom stereocenters. The first-order valence-electron chi connectivity index (χ1n) is 8.22. The van der Waals surface area contributed by atoms with Crippen LogP contribution in [-0.2, 0) is 0 Å². The Morgan fingerprint density at radius 3 is 2.44 bits per heavy atom. The van der Waals surface area contributed by atoms with Crippen LogP contribution in [0.1, 0.15) is 25.6 Å². The van der Waals surface area contributed by atoms with Crippen molar-refractivity contribution < 1.29 is 9.59 Å². The molecule has 2 amide bonds. The number of fused-ring (bicyclic) bond motifs is 1. The summed E-state index contributed by atoms with van der Waals surface area (Å²) in [6.45, 7) is 2.00. The number of aromatic nitrogens is 1. The molecule has 0 saturated carbocycles. The molecule has 4 rings (SSSR count). The van der Waals surface area contributed by atoms with Crippen molar-refractivity contribution >= 4 is 55.5 Å². The summed E-state index contributed by atoms with van der Waals surface area (Å²) in [6.07, 6.45) is 0. The molecule has 0 atom stereocenters. The molecule has 0 aliphatic carbocycles. The Hall–Kier alpha value is -3.03. The van der Waals surface area contributed by atoms with E-state index in [0.717, 1.165) is 15.8 Å². The summed E-state index contributed by atoms with van der Waals surface area (Å²) in [5.74, 6) is -0.394. The molecule has 0 radical (unpaired) electrons. The zero-order chi connectivity index (χ0) is 18.8. The Labute approximate surface area is 163 Å². The van der Waals surface area contributed by atoms with Gasteiger partial charge in [-0.2, -0.15) is 0 Å². The van der Waals surface area contributed by atoms with Crippen LogP contribution >= 0.6 is 22.7 Å². The highest BCUT2D eigenvalue weighted by Gasteiger charge is 2.12. The number of benzene rings is 2. The summed E-state index contributed by atoms with van der Waals surface area (Å²) < 4.78 is 1.04. The van der Waals surface area contributed by atoms with Crippen molar-refractivity contribution in [3.8, 4) is 0 Å². The lowest BCUT2D eigenvalue weighted by Gasteiger charge is -2.05. The number of amides is 2. The lowest BCUT2D eigenvalue weighted by molar-refractivity contribution is 0.102. The van der Waals surface area contributed by atoms with Gasteiger partial charge in [0, 0.05) is 11.3 Å². The van der Waals surface area contributed by atoms with Crippen molar-refractivity contribution in [1.82, 2.24) is 4.98 Å². The van der Waals surface area contributed by atoms with Gasteiger partial charge in [-0.25, -0.2) is 4.98 Å². The summed E-state index contributed by atoms with van der Waals surface area (Å²) in [6, 6.07) is 16.3. The molecule has 2 N–H and O–H groups in total. The number of carbonyl (C=O) groups is 2. The normalized spacial score (nSPS) is 10.7. The number of carbonyl (C=O) groups excluding carboxylic acids is 2. The SMILES string of the molecule is Cc1cccc2sc(NC(=O)c3ccc(NC(=O)c4cccs4)cc3)nc12. The van der Waals surface area contributed by atoms with Crippen molar-refractivity contribution in [2.24, 2.45) is 0 Å². The number of nitrogens with one attached hydrogen (secondary N) is 2. The minimum absolute atomic E-state index is 0.160. The van der Waals surface area contributed by atoms with E-state index in [2.05, 4.69) is 15.6 Å². The van der Waals surface area contributed by atoms with Gasteiger partial charge in [0.15, 0.2) is 5.13 Å². The summed E-state index contributed by atoms with van der Waals surface area (Å²) in [5, 5.41) is 8.08. The lowest BCUT2D eigenvalue weighted by Crippen LogP contribution is -2.13. The fourth-order valence-electron chi connectivity index (χ4n) is 2.61. The lowest BCUT2D eigenvalue weighted by atomic mass is 10.2. The average molecular weight is 393 g/mol. The highest BCUT2D eigenvalue weighted by Crippen LogP contribution is 2.28. The molecule has 5 nitrogen and oxygen atoms in total. The van der Waals surface area contributed by atoms with Gasteiger partial charge in [-0.05, 0) is 54.3 Å². The van der Waals surface area contributed by atoms with Gasteiger partial charge in [-0.3, -0.25) is 14.9 Å². The van der Waals surface area contributed by atoms with Gasteiger partial charge in [0.2, 0.25) is 0 Å². The third kappa shape index (κ3) is 3.74. The first kappa shape index (κ1) is 17.4. The van der Waals surface area contributed by atoms with E-state index in [4.69, 9.17) is 0 Å². The number of thiophene rings is 1. The third-order valence-corrected chi connectivity index (χ3v) is 5.80. The van der Waals surface area contributed by atoms with Crippen LogP contribution in [-0.4, -0.2) is 16.8 Å². The summed E-state index contributed by atoms with van der Waals surface area (Å²) in [7, 11) is 0. The van der Waals surface area contributed by atoms with E-state index in [1.165, 1.54) is 22.7 Å². The Bertz CT molecular complexity index is 1120. The number of anilines is 2. The van der Waals surface area contributed by atoms with Crippen LogP contribution in [0, 0.1) is 6.92 Å². The maximum atomic E-state index is 12.5. The topological polar surface area (TPSA) is 71.1 Å². The number of rotatable bonds is 4. The van der Waals surface area contributed by atoms with Crippen LogP contribution in [0.15, 0.2) is 60.0 Å². The fraction of sp³-hybridized carbons (Fsp3) is 0.0500. The molecule has 2 aromatic heterocycles. The smallest absolute Gasteiger partial charge is 0.265 e. The van der Waals surface area contributed by atoms with Gasteiger partial charge in [0.25, 0.3) is 11.8 Å². The molecule has 27 heavy (non-hydrogen) atoms. The highest BCUT2D eigenvalue weighted by molar-refractivity contribution is 7.22. The molecule has 2 heterocycles. The van der Waals surface area contributed by atoms with Crippen LogP contribution in [0.4, 0.5) is 10.8 Å². The zero-order valence-electron chi connectivity index (χ0n) is 14.4. The summed E-state index contributed by atoms with van der Waals surface area (Å²) >= 11 is 2.83. The van der Waals surface area contributed by atoms with Crippen molar-refractivity contribution in [1.29, 1.82) is 0 Å². The predicted molar refractivity (Wildman–Crippen MR) is 111 cm³/mol. The average Bonchev–Trinajstić information content (AvgIpc) is 3.32. The van der Waals surface area contributed by atoms with Gasteiger partial charge < -0.3 is 5.32 Å². The summed E-state index contributed by atoms with van der Waals surface area (Å²) in [5.41, 5.74) is 3.13. The van der Waals surface area contributed by atoms with E-state index in [1.54, 1.807) is 30.3 Å². The van der Waals surface area contributed by atoms with Crippen LogP contribution in [0.3, 0.4) is 0 Å². The molecular formula is C20H15N3O2S2. The molecule has 4 aromatic rings. The van der Waals surface area contributed by atoms with Crippen LogP contribution in [0.2, 0.25) is 0 Å². The summed E-state index contributed by atoms with van der Waals surface area (Å²) in [4.78, 5) is 29.7. The standard InChI is InChI=1S/C20H15N3O2S2/c1-12-4-2-5-15-17(12)22-20(27-15)23-18(24)13-7-9-14(10-8-13)21-19(25)16-6-3-11-26-16/h2-11H,1H3,(H,21,25)(H,22,23,24). The molecule has 0 spiro atoms. The Balaban J connectivity index is 1.45. The molecular weight excluding hydrogens is 378 g/mol. The molecule has 2 aromatic carbocycles. The quantitative estimate of drug-likeness (QED) is 0.502. The second-order valence-corrected chi connectivity index (χ2v) is 7.88. The first-order chi connectivity index (χ1) is 13.1. The number of hydrogen-bond acceptors (Lipinski definition) is 5. The maximum absolute atomic E-state index is 12.5. The third-order valence-electron chi connectivity index (χ3n) is 3.99. The minimum Gasteiger partial charge on any atom is -0.321 e. The molecule has 134 valence electrons. The van der Waals surface area contributed by atoms with Gasteiger partial charge in [0.05, 0.1) is 15.1 Å². The van der Waals surface area contributed by atoms with Gasteiger partial charge >= 0.3 is 0 Å². The number of aryl methyl sites for hydroxylation is 1. The number of hydrogen-bond donors (Lipinski definition) is 2. The van der Waals surface area contributed by atoms with Gasteiger partial charge in [-0.1, -0.05) is 29.5 Å². The Kier molecular flexibility index (Phi) is 4.70. The second kappa shape index (κ2) is 7.30. The zero-order valence-corrected chi connectivity index (χ0v) is 16.0. The van der Waals surface area contributed by atoms with E-state index in [0.29, 0.717) is 21.3 Å².